The molecule has 0 unspecified atom stereocenters. The molecule has 1 saturated heterocycles. The molecule has 0 radical (unpaired) electrons. The number of aliphatic hydroxyl groups excluding tert-OH is 1. The summed E-state index contributed by atoms with van der Waals surface area (Å²) in [4.78, 5) is 2.37. The summed E-state index contributed by atoms with van der Waals surface area (Å²) in [7, 11) is 0. The normalized spacial score (nSPS) is 30.9. The lowest BCUT2D eigenvalue weighted by Gasteiger charge is -2.14. The molecule has 2 atom stereocenters. The quantitative estimate of drug-likeness (QED) is 0.640. The Labute approximate surface area is 74.9 Å². The summed E-state index contributed by atoms with van der Waals surface area (Å²) in [5.41, 5.74) is 1.21. The van der Waals surface area contributed by atoms with Gasteiger partial charge in [-0.05, 0) is 18.8 Å². The van der Waals surface area contributed by atoms with Crippen molar-refractivity contribution < 1.29 is 5.11 Å². The molecule has 0 bridgehead atoms. The number of nitrogens with zero attached hydrogens (tertiary/aromatic N) is 1. The van der Waals surface area contributed by atoms with Crippen molar-refractivity contribution >= 4 is 0 Å². The lowest BCUT2D eigenvalue weighted by Crippen LogP contribution is -2.23. The van der Waals surface area contributed by atoms with Crippen LogP contribution in [-0.4, -0.2) is 36.2 Å². The van der Waals surface area contributed by atoms with Crippen molar-refractivity contribution in [1.29, 1.82) is 0 Å². The monoisotopic (exact) mass is 169 g/mol. The molecule has 12 heavy (non-hydrogen) atoms. The molecule has 0 aromatic carbocycles. The summed E-state index contributed by atoms with van der Waals surface area (Å²) in [6, 6.07) is 0. The number of hydrogen-bond donors (Lipinski definition) is 1. The van der Waals surface area contributed by atoms with Crippen LogP contribution >= 0.6 is 0 Å². The maximum absolute atomic E-state index is 9.04. The third kappa shape index (κ3) is 2.32. The molecule has 1 aliphatic rings. The van der Waals surface area contributed by atoms with Crippen LogP contribution in [0.1, 0.15) is 13.8 Å². The number of aliphatic hydroxyl groups is 1. The van der Waals surface area contributed by atoms with Crippen molar-refractivity contribution in [2.75, 3.05) is 26.2 Å². The van der Waals surface area contributed by atoms with Crippen LogP contribution in [0.15, 0.2) is 12.2 Å². The first kappa shape index (κ1) is 9.75. The first-order valence-corrected chi connectivity index (χ1v) is 4.61. The highest BCUT2D eigenvalue weighted by molar-refractivity contribution is 4.94. The molecular weight excluding hydrogens is 150 g/mol. The third-order valence-electron chi connectivity index (χ3n) is 2.57. The van der Waals surface area contributed by atoms with Crippen molar-refractivity contribution in [3.63, 3.8) is 0 Å². The molecule has 1 fully saturated rings. The van der Waals surface area contributed by atoms with Crippen LogP contribution in [0.2, 0.25) is 0 Å². The molecule has 1 N–H and O–H groups in total. The Morgan fingerprint density at radius 2 is 2.25 bits per heavy atom. The molecule has 0 amide bonds. The van der Waals surface area contributed by atoms with Crippen LogP contribution in [0, 0.1) is 11.8 Å². The summed E-state index contributed by atoms with van der Waals surface area (Å²) in [5, 5.41) is 9.04. The van der Waals surface area contributed by atoms with Crippen molar-refractivity contribution in [2.24, 2.45) is 11.8 Å². The minimum absolute atomic E-state index is 0.327. The Kier molecular flexibility index (Phi) is 3.29. The highest BCUT2D eigenvalue weighted by Gasteiger charge is 2.28. The molecule has 0 spiro atoms. The smallest absolute Gasteiger partial charge is 0.0474 e. The number of hydrogen-bond acceptors (Lipinski definition) is 2. The van der Waals surface area contributed by atoms with Crippen LogP contribution in [0.4, 0.5) is 0 Å². The molecule has 0 aromatic heterocycles. The van der Waals surface area contributed by atoms with Gasteiger partial charge in [-0.15, -0.1) is 0 Å². The van der Waals surface area contributed by atoms with Gasteiger partial charge < -0.3 is 5.11 Å². The fourth-order valence-electron chi connectivity index (χ4n) is 1.89. The molecule has 70 valence electrons. The minimum Gasteiger partial charge on any atom is -0.396 e. The summed E-state index contributed by atoms with van der Waals surface area (Å²) in [5.74, 6) is 1.11. The molecule has 1 aliphatic heterocycles. The van der Waals surface area contributed by atoms with Crippen molar-refractivity contribution in [3.8, 4) is 0 Å². The largest absolute Gasteiger partial charge is 0.396 e. The lowest BCUT2D eigenvalue weighted by atomic mass is 10.00. The average Bonchev–Trinajstić information content (AvgIpc) is 2.29. The van der Waals surface area contributed by atoms with Gasteiger partial charge in [0.15, 0.2) is 0 Å². The Morgan fingerprint density at radius 3 is 2.67 bits per heavy atom. The van der Waals surface area contributed by atoms with Gasteiger partial charge in [0.2, 0.25) is 0 Å². The first-order chi connectivity index (χ1) is 5.63. The topological polar surface area (TPSA) is 23.5 Å². The molecule has 2 heteroatoms. The zero-order chi connectivity index (χ0) is 9.14. The van der Waals surface area contributed by atoms with E-state index in [0.717, 1.165) is 19.6 Å². The van der Waals surface area contributed by atoms with Crippen LogP contribution in [0.5, 0.6) is 0 Å². The molecule has 2 nitrogen and oxygen atoms in total. The van der Waals surface area contributed by atoms with Gasteiger partial charge in [-0.3, -0.25) is 4.90 Å². The Bertz CT molecular complexity index is 167. The van der Waals surface area contributed by atoms with E-state index in [9.17, 15) is 0 Å². The highest BCUT2D eigenvalue weighted by atomic mass is 16.3. The first-order valence-electron chi connectivity index (χ1n) is 4.61. The van der Waals surface area contributed by atoms with E-state index in [1.54, 1.807) is 0 Å². The molecule has 0 saturated carbocycles. The summed E-state index contributed by atoms with van der Waals surface area (Å²) in [6.45, 7) is 11.6. The van der Waals surface area contributed by atoms with Crippen molar-refractivity contribution in [3.05, 3.63) is 12.2 Å². The zero-order valence-electron chi connectivity index (χ0n) is 8.08. The van der Waals surface area contributed by atoms with Gasteiger partial charge in [0.05, 0.1) is 0 Å². The maximum Gasteiger partial charge on any atom is 0.0474 e. The molecular formula is C10H19NO. The molecule has 1 rings (SSSR count). The third-order valence-corrected chi connectivity index (χ3v) is 2.57. The van der Waals surface area contributed by atoms with Crippen LogP contribution in [0.3, 0.4) is 0 Å². The number of rotatable bonds is 3. The highest BCUT2D eigenvalue weighted by Crippen LogP contribution is 2.22. The van der Waals surface area contributed by atoms with Gasteiger partial charge in [0, 0.05) is 26.2 Å². The zero-order valence-corrected chi connectivity index (χ0v) is 8.08. The van der Waals surface area contributed by atoms with E-state index in [4.69, 9.17) is 5.11 Å². The lowest BCUT2D eigenvalue weighted by molar-refractivity contribution is 0.206. The predicted molar refractivity (Wildman–Crippen MR) is 51.0 cm³/mol. The van der Waals surface area contributed by atoms with Gasteiger partial charge >= 0.3 is 0 Å². The maximum atomic E-state index is 9.04. The van der Waals surface area contributed by atoms with Crippen molar-refractivity contribution in [2.45, 2.75) is 13.8 Å². The van der Waals surface area contributed by atoms with E-state index in [-0.39, 0.29) is 0 Å². The van der Waals surface area contributed by atoms with E-state index in [0.29, 0.717) is 18.4 Å². The van der Waals surface area contributed by atoms with Crippen molar-refractivity contribution in [1.82, 2.24) is 4.90 Å². The number of likely N-dealkylation sites (tertiary alicyclic amines) is 1. The van der Waals surface area contributed by atoms with Crippen LogP contribution in [-0.2, 0) is 0 Å². The van der Waals surface area contributed by atoms with Gasteiger partial charge in [0.1, 0.15) is 0 Å². The Balaban J connectivity index is 2.37. The standard InChI is InChI=1S/C10H19NO/c1-8(2)4-11-5-9(3)10(6-11)7-12/h9-10,12H,1,4-7H2,2-3H3/t9-,10+/m1/s1. The van der Waals surface area contributed by atoms with E-state index in [1.807, 2.05) is 0 Å². The fourth-order valence-corrected chi connectivity index (χ4v) is 1.89. The van der Waals surface area contributed by atoms with Crippen LogP contribution < -0.4 is 0 Å². The van der Waals surface area contributed by atoms with E-state index in [2.05, 4.69) is 25.3 Å². The molecule has 1 heterocycles. The molecule has 0 aromatic rings. The Hall–Kier alpha value is -0.340. The molecule has 0 aliphatic carbocycles. The minimum atomic E-state index is 0.327. The van der Waals surface area contributed by atoms with E-state index in [1.165, 1.54) is 5.57 Å². The Morgan fingerprint density at radius 1 is 1.58 bits per heavy atom. The van der Waals surface area contributed by atoms with Gasteiger partial charge in [0.25, 0.3) is 0 Å². The van der Waals surface area contributed by atoms with E-state index < -0.39 is 0 Å². The second-order valence-corrected chi connectivity index (χ2v) is 4.07. The summed E-state index contributed by atoms with van der Waals surface area (Å²) >= 11 is 0. The average molecular weight is 169 g/mol. The van der Waals surface area contributed by atoms with Crippen LogP contribution in [0.25, 0.3) is 0 Å². The second kappa shape index (κ2) is 4.06. The fraction of sp³-hybridized carbons (Fsp3) is 0.800. The SMILES string of the molecule is C=C(C)CN1C[C@@H](CO)[C@H](C)C1. The van der Waals surface area contributed by atoms with Gasteiger partial charge in [-0.25, -0.2) is 0 Å². The summed E-state index contributed by atoms with van der Waals surface area (Å²) < 4.78 is 0. The van der Waals surface area contributed by atoms with E-state index >= 15 is 0 Å². The second-order valence-electron chi connectivity index (χ2n) is 4.07. The van der Waals surface area contributed by atoms with Gasteiger partial charge in [-0.2, -0.15) is 0 Å². The van der Waals surface area contributed by atoms with Gasteiger partial charge in [-0.1, -0.05) is 19.1 Å². The predicted octanol–water partition coefficient (Wildman–Crippen LogP) is 1.12. The summed E-state index contributed by atoms with van der Waals surface area (Å²) in [6.07, 6.45) is 0.